The molecule has 0 amide bonds. The number of nitrogens with two attached hydrogens (primary N) is 1. The Bertz CT molecular complexity index is 457. The lowest BCUT2D eigenvalue weighted by Crippen LogP contribution is -1.98. The minimum Gasteiger partial charge on any atom is -0.497 e. The average Bonchev–Trinajstić information content (AvgIpc) is 2.81. The zero-order valence-electron chi connectivity index (χ0n) is 8.84. The Morgan fingerprint density at radius 1 is 1.44 bits per heavy atom. The van der Waals surface area contributed by atoms with E-state index in [-0.39, 0.29) is 0 Å². The fourth-order valence-electron chi connectivity index (χ4n) is 1.23. The molecular formula is C11H12N2O2S. The predicted octanol–water partition coefficient (Wildman–Crippen LogP) is 2.31. The van der Waals surface area contributed by atoms with Gasteiger partial charge in [0.1, 0.15) is 23.1 Å². The molecule has 0 radical (unpaired) electrons. The minimum atomic E-state index is 0.426. The molecule has 4 nitrogen and oxygen atoms in total. The summed E-state index contributed by atoms with van der Waals surface area (Å²) in [5, 5.41) is 2.83. The monoisotopic (exact) mass is 236 g/mol. The first-order chi connectivity index (χ1) is 7.79. The molecule has 0 fully saturated rings. The first kappa shape index (κ1) is 10.8. The lowest BCUT2D eigenvalue weighted by atomic mass is 10.3. The third-order valence-corrected chi connectivity index (χ3v) is 2.81. The molecule has 0 aliphatic rings. The molecule has 5 heteroatoms. The van der Waals surface area contributed by atoms with E-state index in [2.05, 4.69) is 4.98 Å². The first-order valence-electron chi connectivity index (χ1n) is 4.74. The summed E-state index contributed by atoms with van der Waals surface area (Å²) in [6.45, 7) is 0.426. The standard InChI is InChI=1S/C11H12N2O2S/c1-14-8-2-3-9(12)10(6-8)15-7-11-13-4-5-16-11/h2-6H,7,12H2,1H3. The molecule has 1 heterocycles. The molecule has 0 spiro atoms. The van der Waals surface area contributed by atoms with Crippen LogP contribution in [-0.2, 0) is 6.61 Å². The van der Waals surface area contributed by atoms with Gasteiger partial charge in [-0.05, 0) is 12.1 Å². The van der Waals surface area contributed by atoms with E-state index in [0.29, 0.717) is 18.0 Å². The van der Waals surface area contributed by atoms with Gasteiger partial charge in [0.05, 0.1) is 12.8 Å². The molecule has 0 saturated carbocycles. The first-order valence-corrected chi connectivity index (χ1v) is 5.62. The van der Waals surface area contributed by atoms with E-state index in [1.807, 2.05) is 5.38 Å². The van der Waals surface area contributed by atoms with E-state index >= 15 is 0 Å². The van der Waals surface area contributed by atoms with Crippen LogP contribution in [0.3, 0.4) is 0 Å². The van der Waals surface area contributed by atoms with Crippen LogP contribution in [0.5, 0.6) is 11.5 Å². The summed E-state index contributed by atoms with van der Waals surface area (Å²) in [5.41, 5.74) is 6.38. The second-order valence-corrected chi connectivity index (χ2v) is 4.10. The molecule has 0 aliphatic carbocycles. The van der Waals surface area contributed by atoms with Crippen LogP contribution in [0, 0.1) is 0 Å². The molecule has 84 valence electrons. The van der Waals surface area contributed by atoms with Crippen molar-refractivity contribution in [2.45, 2.75) is 6.61 Å². The summed E-state index contributed by atoms with van der Waals surface area (Å²) < 4.78 is 10.7. The van der Waals surface area contributed by atoms with Crippen LogP contribution in [0.15, 0.2) is 29.8 Å². The van der Waals surface area contributed by atoms with Gasteiger partial charge < -0.3 is 15.2 Å². The number of methoxy groups -OCH3 is 1. The van der Waals surface area contributed by atoms with Gasteiger partial charge in [-0.2, -0.15) is 0 Å². The maximum absolute atomic E-state index is 5.79. The average molecular weight is 236 g/mol. The number of anilines is 1. The van der Waals surface area contributed by atoms with Gasteiger partial charge in [-0.15, -0.1) is 11.3 Å². The second-order valence-electron chi connectivity index (χ2n) is 3.12. The van der Waals surface area contributed by atoms with Crippen LogP contribution in [0.1, 0.15) is 5.01 Å². The Hall–Kier alpha value is -1.75. The Balaban J connectivity index is 2.08. The maximum Gasteiger partial charge on any atom is 0.146 e. The quantitative estimate of drug-likeness (QED) is 0.828. The lowest BCUT2D eigenvalue weighted by molar-refractivity contribution is 0.305. The highest BCUT2D eigenvalue weighted by molar-refractivity contribution is 7.09. The normalized spacial score (nSPS) is 10.1. The predicted molar refractivity (Wildman–Crippen MR) is 63.9 cm³/mol. The largest absolute Gasteiger partial charge is 0.497 e. The van der Waals surface area contributed by atoms with Gasteiger partial charge in [-0.3, -0.25) is 0 Å². The number of hydrogen-bond acceptors (Lipinski definition) is 5. The molecule has 1 aromatic carbocycles. The van der Waals surface area contributed by atoms with Crippen LogP contribution in [0.2, 0.25) is 0 Å². The molecule has 2 N–H and O–H groups in total. The van der Waals surface area contributed by atoms with Crippen LogP contribution < -0.4 is 15.2 Å². The Morgan fingerprint density at radius 2 is 2.31 bits per heavy atom. The number of nitrogens with zero attached hydrogens (tertiary/aromatic N) is 1. The zero-order chi connectivity index (χ0) is 11.4. The number of rotatable bonds is 4. The molecule has 1 aromatic heterocycles. The van der Waals surface area contributed by atoms with Crippen molar-refractivity contribution in [3.05, 3.63) is 34.8 Å². The van der Waals surface area contributed by atoms with Crippen molar-refractivity contribution < 1.29 is 9.47 Å². The third kappa shape index (κ3) is 2.43. The van der Waals surface area contributed by atoms with E-state index in [1.54, 1.807) is 42.8 Å². The van der Waals surface area contributed by atoms with E-state index in [0.717, 1.165) is 10.8 Å². The van der Waals surface area contributed by atoms with Crippen molar-refractivity contribution in [1.29, 1.82) is 0 Å². The summed E-state index contributed by atoms with van der Waals surface area (Å²) in [7, 11) is 1.61. The second kappa shape index (κ2) is 4.85. The highest BCUT2D eigenvalue weighted by Crippen LogP contribution is 2.27. The van der Waals surface area contributed by atoms with E-state index in [9.17, 15) is 0 Å². The third-order valence-electron chi connectivity index (χ3n) is 2.06. The summed E-state index contributed by atoms with van der Waals surface area (Å²) in [4.78, 5) is 4.13. The van der Waals surface area contributed by atoms with Gasteiger partial charge in [0, 0.05) is 17.6 Å². The zero-order valence-corrected chi connectivity index (χ0v) is 9.66. The Kier molecular flexibility index (Phi) is 3.26. The van der Waals surface area contributed by atoms with Gasteiger partial charge in [0.2, 0.25) is 0 Å². The van der Waals surface area contributed by atoms with Gasteiger partial charge in [-0.1, -0.05) is 0 Å². The molecule has 0 saturated heterocycles. The van der Waals surface area contributed by atoms with Crippen molar-refractivity contribution in [3.63, 3.8) is 0 Å². The Labute approximate surface area is 97.6 Å². The van der Waals surface area contributed by atoms with Crippen LogP contribution in [-0.4, -0.2) is 12.1 Å². The molecule has 0 bridgehead atoms. The summed E-state index contributed by atoms with van der Waals surface area (Å²) >= 11 is 1.55. The van der Waals surface area contributed by atoms with Gasteiger partial charge in [-0.25, -0.2) is 4.98 Å². The van der Waals surface area contributed by atoms with Crippen molar-refractivity contribution in [3.8, 4) is 11.5 Å². The highest BCUT2D eigenvalue weighted by atomic mass is 32.1. The number of thiazole rings is 1. The molecule has 0 atom stereocenters. The lowest BCUT2D eigenvalue weighted by Gasteiger charge is -2.08. The van der Waals surface area contributed by atoms with Gasteiger partial charge in [0.15, 0.2) is 0 Å². The smallest absolute Gasteiger partial charge is 0.146 e. The molecule has 2 aromatic rings. The van der Waals surface area contributed by atoms with Crippen molar-refractivity contribution >= 4 is 17.0 Å². The number of hydrogen-bond donors (Lipinski definition) is 1. The number of nitrogen functional groups attached to an aromatic ring is 1. The molecule has 0 aliphatic heterocycles. The number of aromatic nitrogens is 1. The summed E-state index contributed by atoms with van der Waals surface area (Å²) in [6, 6.07) is 5.32. The van der Waals surface area contributed by atoms with Gasteiger partial charge in [0.25, 0.3) is 0 Å². The van der Waals surface area contributed by atoms with Crippen LogP contribution in [0.25, 0.3) is 0 Å². The summed E-state index contributed by atoms with van der Waals surface area (Å²) in [6.07, 6.45) is 1.75. The van der Waals surface area contributed by atoms with E-state index < -0.39 is 0 Å². The summed E-state index contributed by atoms with van der Waals surface area (Å²) in [5.74, 6) is 1.35. The molecule has 0 unspecified atom stereocenters. The SMILES string of the molecule is COc1ccc(N)c(OCc2nccs2)c1. The van der Waals surface area contributed by atoms with E-state index in [1.165, 1.54) is 0 Å². The van der Waals surface area contributed by atoms with Crippen LogP contribution >= 0.6 is 11.3 Å². The molecule has 16 heavy (non-hydrogen) atoms. The van der Waals surface area contributed by atoms with Crippen molar-refractivity contribution in [1.82, 2.24) is 4.98 Å². The molecular weight excluding hydrogens is 224 g/mol. The maximum atomic E-state index is 5.79. The van der Waals surface area contributed by atoms with Crippen molar-refractivity contribution in [2.75, 3.05) is 12.8 Å². The van der Waals surface area contributed by atoms with Crippen molar-refractivity contribution in [2.24, 2.45) is 0 Å². The fourth-order valence-corrected chi connectivity index (χ4v) is 1.76. The van der Waals surface area contributed by atoms with Crippen LogP contribution in [0.4, 0.5) is 5.69 Å². The minimum absolute atomic E-state index is 0.426. The highest BCUT2D eigenvalue weighted by Gasteiger charge is 2.04. The molecule has 2 rings (SSSR count). The number of benzene rings is 1. The van der Waals surface area contributed by atoms with E-state index in [4.69, 9.17) is 15.2 Å². The topological polar surface area (TPSA) is 57.4 Å². The Morgan fingerprint density at radius 3 is 3.00 bits per heavy atom. The van der Waals surface area contributed by atoms with Gasteiger partial charge >= 0.3 is 0 Å². The fraction of sp³-hybridized carbons (Fsp3) is 0.182. The number of ether oxygens (including phenoxy) is 2.